The maximum Gasteiger partial charge on any atom is 0.216 e. The van der Waals surface area contributed by atoms with Crippen LogP contribution < -0.4 is 0 Å². The standard InChI is InChI=1S/C16H10O3S/c17-13-11-8-4-5-9-12(11)14(18)16(15(13)19-16)20-10-6-2-1-3-7-10/h1-9,15H. The van der Waals surface area contributed by atoms with Crippen molar-refractivity contribution in [2.24, 2.45) is 0 Å². The highest BCUT2D eigenvalue weighted by atomic mass is 32.2. The highest BCUT2D eigenvalue weighted by Crippen LogP contribution is 2.55. The third-order valence-electron chi connectivity index (χ3n) is 3.59. The zero-order valence-corrected chi connectivity index (χ0v) is 11.2. The largest absolute Gasteiger partial charge is 0.337 e. The molecule has 2 atom stereocenters. The smallest absolute Gasteiger partial charge is 0.216 e. The summed E-state index contributed by atoms with van der Waals surface area (Å²) in [6, 6.07) is 16.5. The van der Waals surface area contributed by atoms with Gasteiger partial charge >= 0.3 is 0 Å². The van der Waals surface area contributed by atoms with Crippen LogP contribution in [-0.4, -0.2) is 22.6 Å². The monoisotopic (exact) mass is 282 g/mol. The van der Waals surface area contributed by atoms with Crippen LogP contribution in [0.5, 0.6) is 0 Å². The molecule has 0 saturated carbocycles. The van der Waals surface area contributed by atoms with E-state index < -0.39 is 11.0 Å². The second kappa shape index (κ2) is 4.04. The normalized spacial score (nSPS) is 26.9. The van der Waals surface area contributed by atoms with Gasteiger partial charge in [0.1, 0.15) is 0 Å². The second-order valence-electron chi connectivity index (χ2n) is 4.82. The van der Waals surface area contributed by atoms with Crippen LogP contribution in [0.3, 0.4) is 0 Å². The minimum atomic E-state index is -1.05. The first kappa shape index (κ1) is 11.9. The summed E-state index contributed by atoms with van der Waals surface area (Å²) in [5.74, 6) is -0.199. The molecule has 2 aromatic rings. The lowest BCUT2D eigenvalue weighted by Gasteiger charge is -2.17. The summed E-state index contributed by atoms with van der Waals surface area (Å²) in [4.78, 5) is 24.8. The zero-order chi connectivity index (χ0) is 13.7. The van der Waals surface area contributed by atoms with Crippen molar-refractivity contribution in [2.45, 2.75) is 15.9 Å². The van der Waals surface area contributed by atoms with E-state index in [-0.39, 0.29) is 11.6 Å². The number of hydrogen-bond acceptors (Lipinski definition) is 4. The first-order valence-electron chi connectivity index (χ1n) is 6.32. The van der Waals surface area contributed by atoms with Crippen molar-refractivity contribution < 1.29 is 14.3 Å². The molecule has 1 heterocycles. The molecule has 0 N–H and O–H groups in total. The predicted octanol–water partition coefficient (Wildman–Crippen LogP) is 2.95. The fourth-order valence-electron chi connectivity index (χ4n) is 2.55. The molecule has 2 unspecified atom stereocenters. The Morgan fingerprint density at radius 1 is 0.900 bits per heavy atom. The van der Waals surface area contributed by atoms with Gasteiger partial charge in [-0.25, -0.2) is 0 Å². The Kier molecular flexibility index (Phi) is 2.40. The van der Waals surface area contributed by atoms with Crippen molar-refractivity contribution in [1.29, 1.82) is 0 Å². The summed E-state index contributed by atoms with van der Waals surface area (Å²) in [7, 11) is 0. The van der Waals surface area contributed by atoms with E-state index in [9.17, 15) is 9.59 Å². The topological polar surface area (TPSA) is 46.7 Å². The summed E-state index contributed by atoms with van der Waals surface area (Å²) in [6.45, 7) is 0. The van der Waals surface area contributed by atoms with Crippen molar-refractivity contribution in [2.75, 3.05) is 0 Å². The fraction of sp³-hybridized carbons (Fsp3) is 0.125. The molecule has 4 rings (SSSR count). The number of ketones is 2. The van der Waals surface area contributed by atoms with E-state index in [2.05, 4.69) is 0 Å². The molecule has 1 fully saturated rings. The fourth-order valence-corrected chi connectivity index (χ4v) is 3.76. The third kappa shape index (κ3) is 1.52. The Bertz CT molecular complexity index is 726. The van der Waals surface area contributed by atoms with Gasteiger partial charge in [-0.2, -0.15) is 0 Å². The Morgan fingerprint density at radius 3 is 2.30 bits per heavy atom. The first-order chi connectivity index (χ1) is 9.72. The van der Waals surface area contributed by atoms with E-state index >= 15 is 0 Å². The van der Waals surface area contributed by atoms with Crippen molar-refractivity contribution in [1.82, 2.24) is 0 Å². The lowest BCUT2D eigenvalue weighted by molar-refractivity contribution is 0.0911. The van der Waals surface area contributed by atoms with Gasteiger partial charge in [0.2, 0.25) is 10.7 Å². The number of thioether (sulfide) groups is 1. The van der Waals surface area contributed by atoms with Gasteiger partial charge in [-0.1, -0.05) is 54.2 Å². The van der Waals surface area contributed by atoms with E-state index in [1.165, 1.54) is 11.8 Å². The van der Waals surface area contributed by atoms with E-state index in [4.69, 9.17) is 4.74 Å². The molecule has 0 spiro atoms. The molecule has 0 radical (unpaired) electrons. The summed E-state index contributed by atoms with van der Waals surface area (Å²) < 4.78 is 5.54. The SMILES string of the molecule is O=C1c2ccccc2C(=O)C2(Sc3ccccc3)OC12. The Morgan fingerprint density at radius 2 is 1.55 bits per heavy atom. The number of ether oxygens (including phenoxy) is 1. The molecule has 0 aromatic heterocycles. The predicted molar refractivity (Wildman–Crippen MR) is 75.0 cm³/mol. The summed E-state index contributed by atoms with van der Waals surface area (Å²) >= 11 is 1.32. The van der Waals surface area contributed by atoms with Crippen LogP contribution in [0.25, 0.3) is 0 Å². The molecule has 4 heteroatoms. The number of epoxide rings is 1. The van der Waals surface area contributed by atoms with Gasteiger partial charge in [-0.3, -0.25) is 9.59 Å². The van der Waals surface area contributed by atoms with E-state index in [1.54, 1.807) is 24.3 Å². The molecule has 98 valence electrons. The molecule has 1 saturated heterocycles. The number of carbonyl (C=O) groups is 2. The van der Waals surface area contributed by atoms with Crippen LogP contribution in [0, 0.1) is 0 Å². The van der Waals surface area contributed by atoms with Gasteiger partial charge in [-0.15, -0.1) is 0 Å². The quantitative estimate of drug-likeness (QED) is 0.794. The lowest BCUT2D eigenvalue weighted by atomic mass is 9.89. The molecule has 2 aromatic carbocycles. The van der Waals surface area contributed by atoms with Crippen LogP contribution in [0.2, 0.25) is 0 Å². The molecule has 3 nitrogen and oxygen atoms in total. The Labute approximate surface area is 119 Å². The average Bonchev–Trinajstić information content (AvgIpc) is 3.22. The highest BCUT2D eigenvalue weighted by molar-refractivity contribution is 8.01. The Hall–Kier alpha value is -1.91. The van der Waals surface area contributed by atoms with Crippen LogP contribution in [0.1, 0.15) is 20.7 Å². The number of carbonyl (C=O) groups excluding carboxylic acids is 2. The molecule has 2 aliphatic rings. The van der Waals surface area contributed by atoms with Crippen molar-refractivity contribution in [3.63, 3.8) is 0 Å². The number of rotatable bonds is 2. The van der Waals surface area contributed by atoms with E-state index in [0.717, 1.165) is 4.90 Å². The maximum absolute atomic E-state index is 12.6. The minimum Gasteiger partial charge on any atom is -0.337 e. The third-order valence-corrected chi connectivity index (χ3v) is 4.89. The zero-order valence-electron chi connectivity index (χ0n) is 10.4. The molecular formula is C16H10O3S. The van der Waals surface area contributed by atoms with Crippen LogP contribution in [0.4, 0.5) is 0 Å². The van der Waals surface area contributed by atoms with Gasteiger partial charge in [0.15, 0.2) is 11.9 Å². The molecule has 20 heavy (non-hydrogen) atoms. The molecular weight excluding hydrogens is 272 g/mol. The van der Waals surface area contributed by atoms with Crippen LogP contribution in [-0.2, 0) is 4.74 Å². The van der Waals surface area contributed by atoms with Gasteiger partial charge in [0, 0.05) is 16.0 Å². The minimum absolute atomic E-state index is 0.0939. The van der Waals surface area contributed by atoms with Crippen molar-refractivity contribution in [3.8, 4) is 0 Å². The highest BCUT2D eigenvalue weighted by Gasteiger charge is 2.69. The number of Topliss-reactive ketones (excluding diaryl/α,β-unsaturated/α-hetero) is 2. The van der Waals surface area contributed by atoms with Gasteiger partial charge < -0.3 is 4.74 Å². The maximum atomic E-state index is 12.6. The molecule has 1 aliphatic heterocycles. The lowest BCUT2D eigenvalue weighted by Crippen LogP contribution is -2.34. The van der Waals surface area contributed by atoms with Gasteiger partial charge in [-0.05, 0) is 12.1 Å². The van der Waals surface area contributed by atoms with Crippen LogP contribution >= 0.6 is 11.8 Å². The van der Waals surface area contributed by atoms with Crippen LogP contribution in [0.15, 0.2) is 59.5 Å². The first-order valence-corrected chi connectivity index (χ1v) is 7.14. The Balaban J connectivity index is 1.76. The van der Waals surface area contributed by atoms with Crippen molar-refractivity contribution >= 4 is 23.3 Å². The summed E-state index contributed by atoms with van der Waals surface area (Å²) in [5.41, 5.74) is 0.943. The van der Waals surface area contributed by atoms with Crippen molar-refractivity contribution in [3.05, 3.63) is 65.7 Å². The number of benzene rings is 2. The molecule has 1 aliphatic carbocycles. The van der Waals surface area contributed by atoms with Gasteiger partial charge in [0.05, 0.1) is 0 Å². The summed E-state index contributed by atoms with van der Waals surface area (Å²) in [5, 5.41) is 0. The second-order valence-corrected chi connectivity index (χ2v) is 6.10. The number of fused-ring (bicyclic) bond motifs is 2. The average molecular weight is 282 g/mol. The van der Waals surface area contributed by atoms with E-state index in [1.807, 2.05) is 30.3 Å². The number of hydrogen-bond donors (Lipinski definition) is 0. The van der Waals surface area contributed by atoms with Gasteiger partial charge in [0.25, 0.3) is 0 Å². The van der Waals surface area contributed by atoms with E-state index in [0.29, 0.717) is 11.1 Å². The molecule has 0 bridgehead atoms. The summed E-state index contributed by atoms with van der Waals surface area (Å²) in [6.07, 6.45) is -0.643. The molecule has 0 amide bonds.